The van der Waals surface area contributed by atoms with Crippen molar-refractivity contribution in [2.45, 2.75) is 19.4 Å². The Morgan fingerprint density at radius 2 is 2.21 bits per heavy atom. The molecule has 0 radical (unpaired) electrons. The van der Waals surface area contributed by atoms with E-state index in [2.05, 4.69) is 26.6 Å². The Kier molecular flexibility index (Phi) is 4.21. The third-order valence-electron chi connectivity index (χ3n) is 3.33. The number of carboxylic acids is 1. The van der Waals surface area contributed by atoms with E-state index in [0.29, 0.717) is 5.69 Å². The SMILES string of the molecule is CC1NCCC1C(=O)Nc1cc(Br)ccc1C(=O)O. The second-order valence-corrected chi connectivity index (χ2v) is 5.54. The summed E-state index contributed by atoms with van der Waals surface area (Å²) in [5.74, 6) is -1.32. The molecule has 2 atom stereocenters. The van der Waals surface area contributed by atoms with Crippen molar-refractivity contribution in [2.75, 3.05) is 11.9 Å². The summed E-state index contributed by atoms with van der Waals surface area (Å²) in [5.41, 5.74) is 0.418. The number of nitrogens with one attached hydrogen (secondary N) is 2. The molecule has 1 fully saturated rings. The maximum Gasteiger partial charge on any atom is 0.337 e. The first kappa shape index (κ1) is 14.0. The van der Waals surface area contributed by atoms with Gasteiger partial charge in [0.15, 0.2) is 0 Å². The monoisotopic (exact) mass is 326 g/mol. The molecule has 1 aliphatic heterocycles. The molecule has 1 aromatic carbocycles. The third-order valence-corrected chi connectivity index (χ3v) is 3.83. The second-order valence-electron chi connectivity index (χ2n) is 4.62. The first-order valence-corrected chi connectivity index (χ1v) is 6.85. The molecular formula is C13H15BrN2O3. The largest absolute Gasteiger partial charge is 0.478 e. The molecule has 0 bridgehead atoms. The molecule has 1 saturated heterocycles. The van der Waals surface area contributed by atoms with Crippen molar-refractivity contribution in [3.63, 3.8) is 0 Å². The fraction of sp³-hybridized carbons (Fsp3) is 0.385. The highest BCUT2D eigenvalue weighted by atomic mass is 79.9. The highest BCUT2D eigenvalue weighted by Crippen LogP contribution is 2.24. The zero-order valence-electron chi connectivity index (χ0n) is 10.4. The summed E-state index contributed by atoms with van der Waals surface area (Å²) in [5, 5.41) is 15.0. The van der Waals surface area contributed by atoms with Crippen molar-refractivity contribution in [3.8, 4) is 0 Å². The first-order valence-electron chi connectivity index (χ1n) is 6.06. The number of carboxylic acid groups (broad SMARTS) is 1. The number of halogens is 1. The van der Waals surface area contributed by atoms with Gasteiger partial charge in [-0.05, 0) is 38.1 Å². The van der Waals surface area contributed by atoms with Crippen LogP contribution in [0, 0.1) is 5.92 Å². The van der Waals surface area contributed by atoms with Crippen molar-refractivity contribution in [1.82, 2.24) is 5.32 Å². The van der Waals surface area contributed by atoms with Crippen LogP contribution < -0.4 is 10.6 Å². The van der Waals surface area contributed by atoms with Crippen LogP contribution in [-0.2, 0) is 4.79 Å². The van der Waals surface area contributed by atoms with E-state index in [1.807, 2.05) is 6.92 Å². The molecule has 0 aliphatic carbocycles. The van der Waals surface area contributed by atoms with Crippen LogP contribution in [0.2, 0.25) is 0 Å². The average molecular weight is 327 g/mol. The van der Waals surface area contributed by atoms with Crippen molar-refractivity contribution in [3.05, 3.63) is 28.2 Å². The molecule has 2 unspecified atom stereocenters. The van der Waals surface area contributed by atoms with Crippen LogP contribution in [0.3, 0.4) is 0 Å². The predicted octanol–water partition coefficient (Wildman–Crippen LogP) is 2.08. The van der Waals surface area contributed by atoms with Gasteiger partial charge >= 0.3 is 5.97 Å². The molecular weight excluding hydrogens is 312 g/mol. The summed E-state index contributed by atoms with van der Waals surface area (Å²) >= 11 is 3.27. The minimum absolute atomic E-state index is 0.0927. The molecule has 102 valence electrons. The number of hydrogen-bond donors (Lipinski definition) is 3. The van der Waals surface area contributed by atoms with Gasteiger partial charge in [0, 0.05) is 10.5 Å². The second kappa shape index (κ2) is 5.71. The summed E-state index contributed by atoms with van der Waals surface area (Å²) in [6.45, 7) is 2.76. The number of aromatic carboxylic acids is 1. The summed E-state index contributed by atoms with van der Waals surface area (Å²) in [6, 6.07) is 4.83. The van der Waals surface area contributed by atoms with E-state index in [0.717, 1.165) is 17.4 Å². The summed E-state index contributed by atoms with van der Waals surface area (Å²) < 4.78 is 0.727. The van der Waals surface area contributed by atoms with E-state index in [1.54, 1.807) is 12.1 Å². The smallest absolute Gasteiger partial charge is 0.337 e. The number of carbonyl (C=O) groups is 2. The third kappa shape index (κ3) is 3.13. The van der Waals surface area contributed by atoms with Gasteiger partial charge in [-0.3, -0.25) is 4.79 Å². The van der Waals surface area contributed by atoms with Gasteiger partial charge in [-0.25, -0.2) is 4.79 Å². The average Bonchev–Trinajstić information content (AvgIpc) is 2.75. The fourth-order valence-corrected chi connectivity index (χ4v) is 2.61. The first-order chi connectivity index (χ1) is 8.99. The van der Waals surface area contributed by atoms with E-state index >= 15 is 0 Å². The molecule has 0 aromatic heterocycles. The maximum absolute atomic E-state index is 12.2. The van der Waals surface area contributed by atoms with Gasteiger partial charge in [-0.1, -0.05) is 15.9 Å². The lowest BCUT2D eigenvalue weighted by molar-refractivity contribution is -0.120. The van der Waals surface area contributed by atoms with Crippen molar-refractivity contribution < 1.29 is 14.7 Å². The highest BCUT2D eigenvalue weighted by molar-refractivity contribution is 9.10. The van der Waals surface area contributed by atoms with E-state index in [-0.39, 0.29) is 23.4 Å². The Bertz CT molecular complexity index is 519. The fourth-order valence-electron chi connectivity index (χ4n) is 2.25. The van der Waals surface area contributed by atoms with E-state index in [1.165, 1.54) is 6.07 Å². The maximum atomic E-state index is 12.2. The molecule has 1 amide bonds. The Balaban J connectivity index is 2.20. The van der Waals surface area contributed by atoms with Gasteiger partial charge in [0.05, 0.1) is 17.2 Å². The van der Waals surface area contributed by atoms with Crippen LogP contribution in [0.5, 0.6) is 0 Å². The Morgan fingerprint density at radius 3 is 2.79 bits per heavy atom. The number of hydrogen-bond acceptors (Lipinski definition) is 3. The van der Waals surface area contributed by atoms with Crippen molar-refractivity contribution in [2.24, 2.45) is 5.92 Å². The Labute approximate surface area is 119 Å². The minimum Gasteiger partial charge on any atom is -0.478 e. The zero-order chi connectivity index (χ0) is 14.0. The number of benzene rings is 1. The molecule has 0 spiro atoms. The lowest BCUT2D eigenvalue weighted by Crippen LogP contribution is -2.32. The van der Waals surface area contributed by atoms with Crippen LogP contribution >= 0.6 is 15.9 Å². The molecule has 2 rings (SSSR count). The van der Waals surface area contributed by atoms with Crippen molar-refractivity contribution in [1.29, 1.82) is 0 Å². The van der Waals surface area contributed by atoms with Gasteiger partial charge in [0.25, 0.3) is 0 Å². The Morgan fingerprint density at radius 1 is 1.47 bits per heavy atom. The van der Waals surface area contributed by atoms with Crippen LogP contribution in [0.15, 0.2) is 22.7 Å². The van der Waals surface area contributed by atoms with Gasteiger partial charge < -0.3 is 15.7 Å². The molecule has 1 aromatic rings. The number of carbonyl (C=O) groups excluding carboxylic acids is 1. The van der Waals surface area contributed by atoms with Gasteiger partial charge in [0.1, 0.15) is 0 Å². The summed E-state index contributed by atoms with van der Waals surface area (Å²) in [6.07, 6.45) is 0.767. The number of amides is 1. The minimum atomic E-state index is -1.06. The molecule has 1 aliphatic rings. The van der Waals surface area contributed by atoms with Crippen LogP contribution in [-0.4, -0.2) is 29.6 Å². The van der Waals surface area contributed by atoms with Gasteiger partial charge in [-0.2, -0.15) is 0 Å². The highest BCUT2D eigenvalue weighted by Gasteiger charge is 2.30. The van der Waals surface area contributed by atoms with Crippen molar-refractivity contribution >= 4 is 33.5 Å². The topological polar surface area (TPSA) is 78.4 Å². The standard InChI is InChI=1S/C13H15BrN2O3/c1-7-9(4-5-15-7)12(17)16-11-6-8(14)2-3-10(11)13(18)19/h2-3,6-7,9,15H,4-5H2,1H3,(H,16,17)(H,18,19). The van der Waals surface area contributed by atoms with Crippen LogP contribution in [0.1, 0.15) is 23.7 Å². The molecule has 6 heteroatoms. The Hall–Kier alpha value is -1.40. The molecule has 3 N–H and O–H groups in total. The summed E-state index contributed by atoms with van der Waals surface area (Å²) in [4.78, 5) is 23.3. The molecule has 1 heterocycles. The lowest BCUT2D eigenvalue weighted by atomic mass is 10.0. The summed E-state index contributed by atoms with van der Waals surface area (Å²) in [7, 11) is 0. The number of anilines is 1. The molecule has 0 saturated carbocycles. The van der Waals surface area contributed by atoms with Gasteiger partial charge in [0.2, 0.25) is 5.91 Å². The molecule has 5 nitrogen and oxygen atoms in total. The number of rotatable bonds is 3. The van der Waals surface area contributed by atoms with E-state index < -0.39 is 5.97 Å². The van der Waals surface area contributed by atoms with Crippen LogP contribution in [0.4, 0.5) is 5.69 Å². The zero-order valence-corrected chi connectivity index (χ0v) is 12.0. The van der Waals surface area contributed by atoms with E-state index in [9.17, 15) is 9.59 Å². The van der Waals surface area contributed by atoms with Gasteiger partial charge in [-0.15, -0.1) is 0 Å². The quantitative estimate of drug-likeness (QED) is 0.794. The normalized spacial score (nSPS) is 22.2. The van der Waals surface area contributed by atoms with E-state index in [4.69, 9.17) is 5.11 Å². The molecule has 19 heavy (non-hydrogen) atoms. The van der Waals surface area contributed by atoms with Crippen LogP contribution in [0.25, 0.3) is 0 Å². The lowest BCUT2D eigenvalue weighted by Gasteiger charge is -2.16. The predicted molar refractivity (Wildman–Crippen MR) is 75.3 cm³/mol.